The van der Waals surface area contributed by atoms with Gasteiger partial charge in [-0.3, -0.25) is 28.6 Å². The lowest BCUT2D eigenvalue weighted by Crippen LogP contribution is -2.39. The molecule has 2 aliphatic heterocycles. The standard InChI is InChI=1S/C17H20N2O9S/c20-13-5-6-14(21)18(13)8-7-10-1-3-11(4-2-10)17(24)28-19-15(22)9-12(16(19)23)29(25,26)27/h5-6,10-12H,1-4,7-9H2,(H,25,26,27). The number of rotatable bonds is 6. The van der Waals surface area contributed by atoms with Crippen LogP contribution in [0.2, 0.25) is 0 Å². The third kappa shape index (κ3) is 4.53. The summed E-state index contributed by atoms with van der Waals surface area (Å²) in [7, 11) is -4.77. The van der Waals surface area contributed by atoms with E-state index in [-0.39, 0.29) is 22.8 Å². The number of nitrogens with zero attached hydrogens (tertiary/aromatic N) is 2. The van der Waals surface area contributed by atoms with Gasteiger partial charge in [-0.05, 0) is 38.0 Å². The summed E-state index contributed by atoms with van der Waals surface area (Å²) in [6.45, 7) is 0.304. The van der Waals surface area contributed by atoms with Crippen LogP contribution in [0.25, 0.3) is 0 Å². The molecule has 1 atom stereocenters. The summed E-state index contributed by atoms with van der Waals surface area (Å²) in [6, 6.07) is 0. The molecule has 29 heavy (non-hydrogen) atoms. The van der Waals surface area contributed by atoms with Gasteiger partial charge in [-0.1, -0.05) is 0 Å². The molecule has 1 aliphatic carbocycles. The lowest BCUT2D eigenvalue weighted by atomic mass is 9.80. The first-order chi connectivity index (χ1) is 13.6. The van der Waals surface area contributed by atoms with Crippen LogP contribution < -0.4 is 0 Å². The molecule has 4 amide bonds. The number of hydroxylamine groups is 2. The Hall–Kier alpha value is -2.60. The zero-order valence-corrected chi connectivity index (χ0v) is 16.2. The molecule has 1 saturated carbocycles. The molecule has 2 fully saturated rings. The molecular weight excluding hydrogens is 408 g/mol. The Labute approximate surface area is 166 Å². The largest absolute Gasteiger partial charge is 0.336 e. The van der Waals surface area contributed by atoms with Gasteiger partial charge >= 0.3 is 5.97 Å². The third-order valence-corrected chi connectivity index (χ3v) is 6.53. The minimum Gasteiger partial charge on any atom is -0.330 e. The van der Waals surface area contributed by atoms with Crippen LogP contribution >= 0.6 is 0 Å². The Morgan fingerprint density at radius 2 is 1.66 bits per heavy atom. The Bertz CT molecular complexity index is 869. The predicted octanol–water partition coefficient (Wildman–Crippen LogP) is -0.419. The Kier molecular flexibility index (Phi) is 5.85. The van der Waals surface area contributed by atoms with Crippen molar-refractivity contribution in [3.05, 3.63) is 12.2 Å². The highest BCUT2D eigenvalue weighted by Crippen LogP contribution is 2.32. The summed E-state index contributed by atoms with van der Waals surface area (Å²) < 4.78 is 31.2. The van der Waals surface area contributed by atoms with Gasteiger partial charge in [-0.15, -0.1) is 5.06 Å². The van der Waals surface area contributed by atoms with E-state index in [0.29, 0.717) is 38.6 Å². The quantitative estimate of drug-likeness (QED) is 0.438. The van der Waals surface area contributed by atoms with Crippen molar-refractivity contribution in [3.63, 3.8) is 0 Å². The van der Waals surface area contributed by atoms with Crippen molar-refractivity contribution in [3.8, 4) is 0 Å². The van der Waals surface area contributed by atoms with Crippen LogP contribution in [0.4, 0.5) is 0 Å². The normalized spacial score (nSPS) is 27.8. The molecule has 0 radical (unpaired) electrons. The summed E-state index contributed by atoms with van der Waals surface area (Å²) in [6.07, 6.45) is 4.42. The first kappa shape index (κ1) is 21.1. The molecule has 1 unspecified atom stereocenters. The van der Waals surface area contributed by atoms with E-state index in [2.05, 4.69) is 0 Å². The van der Waals surface area contributed by atoms with Crippen molar-refractivity contribution in [1.82, 2.24) is 9.96 Å². The van der Waals surface area contributed by atoms with Crippen molar-refractivity contribution in [2.24, 2.45) is 11.8 Å². The summed E-state index contributed by atoms with van der Waals surface area (Å²) >= 11 is 0. The second-order valence-corrected chi connectivity index (χ2v) is 8.91. The van der Waals surface area contributed by atoms with E-state index < -0.39 is 45.5 Å². The number of amides is 4. The van der Waals surface area contributed by atoms with Crippen LogP contribution in [0, 0.1) is 11.8 Å². The topological polar surface area (TPSA) is 155 Å². The molecule has 2 heterocycles. The Balaban J connectivity index is 1.47. The maximum atomic E-state index is 12.3. The molecule has 3 aliphatic rings. The average Bonchev–Trinajstić information content (AvgIpc) is 3.13. The molecule has 0 aromatic carbocycles. The van der Waals surface area contributed by atoms with Gasteiger partial charge in [-0.2, -0.15) is 8.42 Å². The molecule has 158 valence electrons. The van der Waals surface area contributed by atoms with Gasteiger partial charge in [-0.25, -0.2) is 4.79 Å². The third-order valence-electron chi connectivity index (χ3n) is 5.44. The Morgan fingerprint density at radius 3 is 2.17 bits per heavy atom. The maximum absolute atomic E-state index is 12.3. The number of hydrogen-bond acceptors (Lipinski definition) is 8. The summed E-state index contributed by atoms with van der Waals surface area (Å²) in [4.78, 5) is 65.0. The molecule has 0 aromatic rings. The van der Waals surface area contributed by atoms with Crippen LogP contribution in [-0.4, -0.2) is 64.3 Å². The zero-order valence-electron chi connectivity index (χ0n) is 15.4. The number of carbonyl (C=O) groups is 5. The predicted molar refractivity (Wildman–Crippen MR) is 93.8 cm³/mol. The maximum Gasteiger partial charge on any atom is 0.336 e. The summed E-state index contributed by atoms with van der Waals surface area (Å²) in [5.74, 6) is -4.13. The van der Waals surface area contributed by atoms with Crippen molar-refractivity contribution in [2.75, 3.05) is 6.54 Å². The van der Waals surface area contributed by atoms with Crippen molar-refractivity contribution < 1.29 is 41.8 Å². The second-order valence-electron chi connectivity index (χ2n) is 7.31. The van der Waals surface area contributed by atoms with Crippen LogP contribution in [0.3, 0.4) is 0 Å². The number of imide groups is 2. The van der Waals surface area contributed by atoms with Crippen LogP contribution in [0.1, 0.15) is 38.5 Å². The van der Waals surface area contributed by atoms with Gasteiger partial charge in [0.1, 0.15) is 0 Å². The number of hydrogen-bond donors (Lipinski definition) is 1. The van der Waals surface area contributed by atoms with E-state index in [1.54, 1.807) is 0 Å². The van der Waals surface area contributed by atoms with E-state index in [1.165, 1.54) is 12.2 Å². The van der Waals surface area contributed by atoms with Gasteiger partial charge in [0.2, 0.25) is 0 Å². The first-order valence-electron chi connectivity index (χ1n) is 9.16. The molecule has 1 saturated heterocycles. The molecule has 12 heteroatoms. The molecule has 0 bridgehead atoms. The zero-order chi connectivity index (χ0) is 21.3. The van der Waals surface area contributed by atoms with E-state index in [1.807, 2.05) is 0 Å². The van der Waals surface area contributed by atoms with Crippen LogP contribution in [0.5, 0.6) is 0 Å². The lowest BCUT2D eigenvalue weighted by molar-refractivity contribution is -0.201. The highest BCUT2D eigenvalue weighted by molar-refractivity contribution is 7.87. The van der Waals surface area contributed by atoms with Gasteiger partial charge in [0, 0.05) is 18.7 Å². The minimum absolute atomic E-state index is 0.116. The fourth-order valence-corrected chi connectivity index (χ4v) is 4.43. The molecular formula is C17H20N2O9S. The van der Waals surface area contributed by atoms with E-state index in [9.17, 15) is 32.4 Å². The van der Waals surface area contributed by atoms with Crippen molar-refractivity contribution in [1.29, 1.82) is 0 Å². The molecule has 11 nitrogen and oxygen atoms in total. The van der Waals surface area contributed by atoms with Gasteiger partial charge in [0.05, 0.1) is 12.3 Å². The summed E-state index contributed by atoms with van der Waals surface area (Å²) in [5.41, 5.74) is 0. The second kappa shape index (κ2) is 8.03. The monoisotopic (exact) mass is 428 g/mol. The smallest absolute Gasteiger partial charge is 0.330 e. The van der Waals surface area contributed by atoms with Crippen LogP contribution in [0.15, 0.2) is 12.2 Å². The van der Waals surface area contributed by atoms with E-state index in [4.69, 9.17) is 9.39 Å². The highest BCUT2D eigenvalue weighted by atomic mass is 32.2. The fraction of sp³-hybridized carbons (Fsp3) is 0.588. The average molecular weight is 428 g/mol. The van der Waals surface area contributed by atoms with Crippen LogP contribution in [-0.2, 0) is 38.9 Å². The SMILES string of the molecule is O=C(ON1C(=O)CC(S(=O)(=O)O)C1=O)C1CCC(CCN2C(=O)C=CC2=O)CC1. The molecule has 0 aromatic heterocycles. The van der Waals surface area contributed by atoms with E-state index in [0.717, 1.165) is 4.90 Å². The Morgan fingerprint density at radius 1 is 1.07 bits per heavy atom. The fourth-order valence-electron chi connectivity index (χ4n) is 3.73. The van der Waals surface area contributed by atoms with Gasteiger partial charge in [0.15, 0.2) is 5.25 Å². The highest BCUT2D eigenvalue weighted by Gasteiger charge is 2.49. The lowest BCUT2D eigenvalue weighted by Gasteiger charge is -2.28. The first-order valence-corrected chi connectivity index (χ1v) is 10.7. The van der Waals surface area contributed by atoms with Crippen molar-refractivity contribution >= 4 is 39.7 Å². The van der Waals surface area contributed by atoms with E-state index >= 15 is 0 Å². The molecule has 0 spiro atoms. The number of carbonyl (C=O) groups excluding carboxylic acids is 5. The van der Waals surface area contributed by atoms with Gasteiger partial charge < -0.3 is 4.84 Å². The minimum atomic E-state index is -4.77. The summed E-state index contributed by atoms with van der Waals surface area (Å²) in [5, 5.41) is -1.84. The molecule has 1 N–H and O–H groups in total. The molecule has 3 rings (SSSR count). The van der Waals surface area contributed by atoms with Gasteiger partial charge in [0.25, 0.3) is 33.7 Å². The van der Waals surface area contributed by atoms with Crippen molar-refractivity contribution in [2.45, 2.75) is 43.8 Å².